The quantitative estimate of drug-likeness (QED) is 0.892. The molecule has 4 nitrogen and oxygen atoms in total. The first-order chi connectivity index (χ1) is 8.74. The van der Waals surface area contributed by atoms with Gasteiger partial charge in [-0.3, -0.25) is 4.79 Å². The molecule has 0 bridgehead atoms. The second kappa shape index (κ2) is 6.52. The minimum atomic E-state index is -0.0613. The lowest BCUT2D eigenvalue weighted by molar-refractivity contribution is -0.168. The van der Waals surface area contributed by atoms with Gasteiger partial charge in [0, 0.05) is 19.2 Å². The lowest BCUT2D eigenvalue weighted by Crippen LogP contribution is -2.21. The summed E-state index contributed by atoms with van der Waals surface area (Å²) in [6.45, 7) is 2.84. The highest BCUT2D eigenvalue weighted by molar-refractivity contribution is 5.88. The number of carbonyl (C=O) groups excluding carboxylic acids is 1. The van der Waals surface area contributed by atoms with Gasteiger partial charge in [-0.2, -0.15) is 0 Å². The Morgan fingerprint density at radius 1 is 1.39 bits per heavy atom. The number of nitrogens with one attached hydrogen (secondary N) is 1. The molecule has 0 aromatic heterocycles. The van der Waals surface area contributed by atoms with E-state index in [0.29, 0.717) is 6.61 Å². The molecule has 18 heavy (non-hydrogen) atoms. The summed E-state index contributed by atoms with van der Waals surface area (Å²) >= 11 is 0. The van der Waals surface area contributed by atoms with Crippen LogP contribution in [0.1, 0.15) is 31.7 Å². The van der Waals surface area contributed by atoms with Crippen LogP contribution in [0.4, 0.5) is 5.69 Å². The summed E-state index contributed by atoms with van der Waals surface area (Å²) in [5.74, 6) is -0.0606. The highest BCUT2D eigenvalue weighted by Gasteiger charge is 2.13. The summed E-state index contributed by atoms with van der Waals surface area (Å²) in [4.78, 5) is 10.9. The van der Waals surface area contributed by atoms with Gasteiger partial charge < -0.3 is 14.8 Å². The van der Waals surface area contributed by atoms with Crippen molar-refractivity contribution in [2.45, 2.75) is 39.1 Å². The molecule has 1 N–H and O–H groups in total. The Balaban J connectivity index is 1.80. The largest absolute Gasteiger partial charge is 0.353 e. The third-order valence-corrected chi connectivity index (χ3v) is 2.85. The normalized spacial score (nSPS) is 19.5. The van der Waals surface area contributed by atoms with E-state index in [1.807, 2.05) is 24.3 Å². The average Bonchev–Trinajstić information content (AvgIpc) is 2.38. The lowest BCUT2D eigenvalue weighted by Gasteiger charge is -2.22. The molecule has 4 heteroatoms. The van der Waals surface area contributed by atoms with Crippen LogP contribution in [-0.4, -0.2) is 18.8 Å². The molecular formula is C14H19NO3. The molecule has 1 amide bonds. The first-order valence-electron chi connectivity index (χ1n) is 6.34. The number of benzene rings is 1. The topological polar surface area (TPSA) is 47.6 Å². The molecule has 1 atom stereocenters. The molecule has 1 heterocycles. The van der Waals surface area contributed by atoms with Crippen molar-refractivity contribution in [2.24, 2.45) is 0 Å². The Kier molecular flexibility index (Phi) is 4.73. The number of anilines is 1. The summed E-state index contributed by atoms with van der Waals surface area (Å²) < 4.78 is 11.2. The number of hydrogen-bond donors (Lipinski definition) is 1. The monoisotopic (exact) mass is 249 g/mol. The summed E-state index contributed by atoms with van der Waals surface area (Å²) in [6, 6.07) is 7.66. The van der Waals surface area contributed by atoms with Crippen molar-refractivity contribution in [1.29, 1.82) is 0 Å². The predicted octanol–water partition coefficient (Wildman–Crippen LogP) is 2.69. The third-order valence-electron chi connectivity index (χ3n) is 2.85. The van der Waals surface area contributed by atoms with Gasteiger partial charge in [-0.1, -0.05) is 12.1 Å². The molecule has 0 radical (unpaired) electrons. The van der Waals surface area contributed by atoms with Crippen LogP contribution in [0.2, 0.25) is 0 Å². The van der Waals surface area contributed by atoms with Crippen molar-refractivity contribution < 1.29 is 14.3 Å². The molecule has 0 aliphatic carbocycles. The maximum absolute atomic E-state index is 10.9. The van der Waals surface area contributed by atoms with Gasteiger partial charge in [0.05, 0.1) is 6.61 Å². The van der Waals surface area contributed by atoms with Crippen LogP contribution in [0.3, 0.4) is 0 Å². The molecule has 1 aliphatic rings. The molecule has 0 spiro atoms. The molecule has 1 aromatic carbocycles. The molecule has 1 fully saturated rings. The van der Waals surface area contributed by atoms with E-state index in [2.05, 4.69) is 5.32 Å². The smallest absolute Gasteiger partial charge is 0.221 e. The Morgan fingerprint density at radius 2 is 2.17 bits per heavy atom. The van der Waals surface area contributed by atoms with Crippen molar-refractivity contribution in [3.05, 3.63) is 29.8 Å². The third kappa shape index (κ3) is 4.13. The fraction of sp³-hybridized carbons (Fsp3) is 0.500. The van der Waals surface area contributed by atoms with Gasteiger partial charge in [0.2, 0.25) is 5.91 Å². The first-order valence-corrected chi connectivity index (χ1v) is 6.34. The Bertz CT molecular complexity index is 383. The Labute approximate surface area is 107 Å². The summed E-state index contributed by atoms with van der Waals surface area (Å²) in [7, 11) is 0. The number of carbonyl (C=O) groups is 1. The van der Waals surface area contributed by atoms with E-state index in [0.717, 1.165) is 30.7 Å². The van der Waals surface area contributed by atoms with E-state index in [-0.39, 0.29) is 12.2 Å². The van der Waals surface area contributed by atoms with Crippen molar-refractivity contribution >= 4 is 11.6 Å². The number of rotatable bonds is 4. The number of hydrogen-bond acceptors (Lipinski definition) is 3. The van der Waals surface area contributed by atoms with E-state index >= 15 is 0 Å². The minimum absolute atomic E-state index is 0.0606. The highest BCUT2D eigenvalue weighted by Crippen LogP contribution is 2.16. The zero-order valence-electron chi connectivity index (χ0n) is 10.6. The first kappa shape index (κ1) is 13.1. The summed E-state index contributed by atoms with van der Waals surface area (Å²) in [5.41, 5.74) is 1.89. The fourth-order valence-corrected chi connectivity index (χ4v) is 1.92. The maximum Gasteiger partial charge on any atom is 0.221 e. The van der Waals surface area contributed by atoms with Crippen LogP contribution in [0, 0.1) is 0 Å². The van der Waals surface area contributed by atoms with Gasteiger partial charge in [-0.15, -0.1) is 0 Å². The molecular weight excluding hydrogens is 230 g/mol. The van der Waals surface area contributed by atoms with Crippen LogP contribution in [0.15, 0.2) is 24.3 Å². The van der Waals surface area contributed by atoms with Crippen molar-refractivity contribution in [2.75, 3.05) is 11.9 Å². The zero-order chi connectivity index (χ0) is 12.8. The van der Waals surface area contributed by atoms with Crippen LogP contribution >= 0.6 is 0 Å². The fourth-order valence-electron chi connectivity index (χ4n) is 1.92. The predicted molar refractivity (Wildman–Crippen MR) is 69.1 cm³/mol. The van der Waals surface area contributed by atoms with E-state index in [9.17, 15) is 4.79 Å². The van der Waals surface area contributed by atoms with Crippen molar-refractivity contribution in [1.82, 2.24) is 0 Å². The molecule has 2 rings (SSSR count). The van der Waals surface area contributed by atoms with Gasteiger partial charge in [0.1, 0.15) is 0 Å². The van der Waals surface area contributed by atoms with Gasteiger partial charge >= 0.3 is 0 Å². The van der Waals surface area contributed by atoms with Gasteiger partial charge in [0.15, 0.2) is 6.29 Å². The SMILES string of the molecule is CC(=O)Nc1ccc(COC2CCCCO2)cc1. The molecule has 1 aliphatic heterocycles. The average molecular weight is 249 g/mol. The summed E-state index contributed by atoms with van der Waals surface area (Å²) in [6.07, 6.45) is 3.22. The van der Waals surface area contributed by atoms with Crippen LogP contribution in [0.25, 0.3) is 0 Å². The zero-order valence-corrected chi connectivity index (χ0v) is 10.6. The van der Waals surface area contributed by atoms with E-state index in [4.69, 9.17) is 9.47 Å². The molecule has 98 valence electrons. The lowest BCUT2D eigenvalue weighted by atomic mass is 10.2. The second-order valence-electron chi connectivity index (χ2n) is 4.49. The Morgan fingerprint density at radius 3 is 2.78 bits per heavy atom. The van der Waals surface area contributed by atoms with E-state index in [1.165, 1.54) is 13.3 Å². The van der Waals surface area contributed by atoms with Crippen LogP contribution in [-0.2, 0) is 20.9 Å². The van der Waals surface area contributed by atoms with Crippen molar-refractivity contribution in [3.63, 3.8) is 0 Å². The van der Waals surface area contributed by atoms with Crippen molar-refractivity contribution in [3.8, 4) is 0 Å². The van der Waals surface area contributed by atoms with Gasteiger partial charge in [-0.25, -0.2) is 0 Å². The molecule has 1 aromatic rings. The highest BCUT2D eigenvalue weighted by atomic mass is 16.7. The second-order valence-corrected chi connectivity index (χ2v) is 4.49. The van der Waals surface area contributed by atoms with Crippen LogP contribution < -0.4 is 5.32 Å². The molecule has 1 unspecified atom stereocenters. The number of amides is 1. The number of ether oxygens (including phenoxy) is 2. The standard InChI is InChI=1S/C14H19NO3/c1-11(16)15-13-7-5-12(6-8-13)10-18-14-4-2-3-9-17-14/h5-8,14H,2-4,9-10H2,1H3,(H,15,16). The van der Waals surface area contributed by atoms with Crippen LogP contribution in [0.5, 0.6) is 0 Å². The molecule has 1 saturated heterocycles. The van der Waals surface area contributed by atoms with E-state index in [1.54, 1.807) is 0 Å². The summed E-state index contributed by atoms with van der Waals surface area (Å²) in [5, 5.41) is 2.73. The Hall–Kier alpha value is -1.39. The van der Waals surface area contributed by atoms with Gasteiger partial charge in [-0.05, 0) is 37.0 Å². The maximum atomic E-state index is 10.9. The van der Waals surface area contributed by atoms with Gasteiger partial charge in [0.25, 0.3) is 0 Å². The molecule has 0 saturated carbocycles. The van der Waals surface area contributed by atoms with E-state index < -0.39 is 0 Å². The minimum Gasteiger partial charge on any atom is -0.353 e.